The number of hydrogen-bond acceptors (Lipinski definition) is 5. The Kier molecular flexibility index (Phi) is 3.93. The molecule has 2 heterocycles. The first-order valence-electron chi connectivity index (χ1n) is 5.84. The topological polar surface area (TPSA) is 74.4 Å². The van der Waals surface area contributed by atoms with Crippen molar-refractivity contribution in [2.75, 3.05) is 18.5 Å². The highest BCUT2D eigenvalue weighted by Gasteiger charge is 2.47. The number of anilines is 1. The van der Waals surface area contributed by atoms with Crippen molar-refractivity contribution in [1.82, 2.24) is 9.88 Å². The quantitative estimate of drug-likeness (QED) is 0.568. The van der Waals surface area contributed by atoms with Crippen LogP contribution < -0.4 is 11.3 Å². The largest absolute Gasteiger partial charge is 0.409 e. The van der Waals surface area contributed by atoms with E-state index in [9.17, 15) is 18.3 Å². The molecule has 1 aliphatic rings. The first kappa shape index (κ1) is 14.0. The summed E-state index contributed by atoms with van der Waals surface area (Å²) in [5.74, 6) is 5.33. The number of nitrogens with zero attached hydrogens (tertiary/aromatic N) is 2. The number of halogens is 3. The zero-order valence-corrected chi connectivity index (χ0v) is 10.1. The standard InChI is InChI=1S/C11H15F3N4O/c12-11(13,14)10(18-5-4-7(19)6-18)8-2-1-3-9(16-8)17-15/h1-3,7,10,19H,4-6,15H2,(H,16,17)/t7-,10+/m1/s1. The maximum Gasteiger partial charge on any atom is 0.409 e. The SMILES string of the molecule is NNc1cccc([C@H](N2CC[C@@H](O)C2)C(F)(F)F)n1. The Morgan fingerprint density at radius 3 is 2.74 bits per heavy atom. The van der Waals surface area contributed by atoms with Crippen LogP contribution in [0, 0.1) is 0 Å². The van der Waals surface area contributed by atoms with Crippen LogP contribution in [0.15, 0.2) is 18.2 Å². The van der Waals surface area contributed by atoms with Crippen LogP contribution in [0.2, 0.25) is 0 Å². The molecule has 1 aliphatic heterocycles. The van der Waals surface area contributed by atoms with Crippen molar-refractivity contribution in [3.05, 3.63) is 23.9 Å². The Morgan fingerprint density at radius 1 is 1.47 bits per heavy atom. The second-order valence-electron chi connectivity index (χ2n) is 4.47. The van der Waals surface area contributed by atoms with Crippen molar-refractivity contribution in [3.63, 3.8) is 0 Å². The number of β-amino-alcohol motifs (C(OH)–C–C–N with tert-alkyl or cyclic N) is 1. The third-order valence-electron chi connectivity index (χ3n) is 3.07. The van der Waals surface area contributed by atoms with Gasteiger partial charge in [-0.3, -0.25) is 4.90 Å². The minimum atomic E-state index is -4.45. The monoisotopic (exact) mass is 276 g/mol. The summed E-state index contributed by atoms with van der Waals surface area (Å²) in [6.45, 7) is 0.180. The summed E-state index contributed by atoms with van der Waals surface area (Å²) in [4.78, 5) is 5.04. The van der Waals surface area contributed by atoms with Gasteiger partial charge in [-0.1, -0.05) is 6.07 Å². The predicted molar refractivity (Wildman–Crippen MR) is 63.0 cm³/mol. The Balaban J connectivity index is 2.32. The molecule has 2 atom stereocenters. The lowest BCUT2D eigenvalue weighted by atomic mass is 10.1. The molecule has 0 bridgehead atoms. The van der Waals surface area contributed by atoms with Crippen molar-refractivity contribution in [2.24, 2.45) is 5.84 Å². The highest BCUT2D eigenvalue weighted by molar-refractivity contribution is 5.34. The molecule has 0 aliphatic carbocycles. The van der Waals surface area contributed by atoms with Gasteiger partial charge in [-0.25, -0.2) is 10.8 Å². The molecule has 0 spiro atoms. The third kappa shape index (κ3) is 3.14. The number of alkyl halides is 3. The average Bonchev–Trinajstić information content (AvgIpc) is 2.74. The molecular formula is C11H15F3N4O. The summed E-state index contributed by atoms with van der Waals surface area (Å²) < 4.78 is 39.6. The van der Waals surface area contributed by atoms with E-state index < -0.39 is 18.3 Å². The smallest absolute Gasteiger partial charge is 0.392 e. The van der Waals surface area contributed by atoms with Gasteiger partial charge in [0.2, 0.25) is 0 Å². The van der Waals surface area contributed by atoms with Gasteiger partial charge in [0.1, 0.15) is 11.9 Å². The molecule has 2 rings (SSSR count). The fourth-order valence-corrected chi connectivity index (χ4v) is 2.25. The predicted octanol–water partition coefficient (Wildman–Crippen LogP) is 1.04. The summed E-state index contributed by atoms with van der Waals surface area (Å²) in [5, 5.41) is 9.40. The van der Waals surface area contributed by atoms with Crippen molar-refractivity contribution in [2.45, 2.75) is 24.7 Å². The molecule has 0 amide bonds. The lowest BCUT2D eigenvalue weighted by Crippen LogP contribution is -2.38. The van der Waals surface area contributed by atoms with Crippen LogP contribution in [0.4, 0.5) is 19.0 Å². The number of nitrogens with one attached hydrogen (secondary N) is 1. The number of rotatable bonds is 3. The molecular weight excluding hydrogens is 261 g/mol. The average molecular weight is 276 g/mol. The van der Waals surface area contributed by atoms with Gasteiger partial charge in [0.25, 0.3) is 0 Å². The number of likely N-dealkylation sites (tertiary alicyclic amines) is 1. The molecule has 0 saturated carbocycles. The van der Waals surface area contributed by atoms with E-state index in [1.54, 1.807) is 0 Å². The summed E-state index contributed by atoms with van der Waals surface area (Å²) in [6, 6.07) is 2.43. The minimum Gasteiger partial charge on any atom is -0.392 e. The van der Waals surface area contributed by atoms with Crippen molar-refractivity contribution in [1.29, 1.82) is 0 Å². The second kappa shape index (κ2) is 5.32. The summed E-state index contributed by atoms with van der Waals surface area (Å²) >= 11 is 0. The number of hydrazine groups is 1. The van der Waals surface area contributed by atoms with Gasteiger partial charge in [-0.15, -0.1) is 0 Å². The maximum atomic E-state index is 13.2. The first-order chi connectivity index (χ1) is 8.91. The zero-order chi connectivity index (χ0) is 14.0. The van der Waals surface area contributed by atoms with Crippen molar-refractivity contribution < 1.29 is 18.3 Å². The molecule has 0 unspecified atom stereocenters. The van der Waals surface area contributed by atoms with Gasteiger partial charge in [0.05, 0.1) is 11.8 Å². The Labute approximate surface area is 108 Å². The van der Waals surface area contributed by atoms with Crippen molar-refractivity contribution >= 4 is 5.82 Å². The lowest BCUT2D eigenvalue weighted by Gasteiger charge is -2.29. The number of nitrogens with two attached hydrogens (primary N) is 1. The molecule has 1 aromatic heterocycles. The Hall–Kier alpha value is -1.38. The van der Waals surface area contributed by atoms with Gasteiger partial charge in [-0.2, -0.15) is 13.2 Å². The summed E-state index contributed by atoms with van der Waals surface area (Å²) in [6.07, 6.45) is -4.84. The highest BCUT2D eigenvalue weighted by atomic mass is 19.4. The normalized spacial score (nSPS) is 22.5. The molecule has 0 radical (unpaired) electrons. The van der Waals surface area contributed by atoms with Crippen LogP contribution in [0.3, 0.4) is 0 Å². The molecule has 106 valence electrons. The fourth-order valence-electron chi connectivity index (χ4n) is 2.25. The number of aliphatic hydroxyl groups excluding tert-OH is 1. The number of nitrogen functional groups attached to an aromatic ring is 1. The number of aliphatic hydroxyl groups is 1. The van der Waals surface area contributed by atoms with Crippen LogP contribution in [0.5, 0.6) is 0 Å². The molecule has 1 aromatic rings. The van der Waals surface area contributed by atoms with Crippen LogP contribution in [-0.4, -0.2) is 40.4 Å². The summed E-state index contributed by atoms with van der Waals surface area (Å²) in [5.41, 5.74) is 2.10. The number of pyridine rings is 1. The van der Waals surface area contributed by atoms with Crippen LogP contribution in [0.25, 0.3) is 0 Å². The van der Waals surface area contributed by atoms with E-state index in [0.717, 1.165) is 0 Å². The van der Waals surface area contributed by atoms with Gasteiger partial charge in [-0.05, 0) is 18.6 Å². The van der Waals surface area contributed by atoms with Crippen LogP contribution in [-0.2, 0) is 0 Å². The first-order valence-corrected chi connectivity index (χ1v) is 5.84. The molecule has 4 N–H and O–H groups in total. The highest BCUT2D eigenvalue weighted by Crippen LogP contribution is 2.38. The van der Waals surface area contributed by atoms with E-state index in [0.29, 0.717) is 6.42 Å². The van der Waals surface area contributed by atoms with Gasteiger partial charge < -0.3 is 10.5 Å². The number of hydrogen-bond donors (Lipinski definition) is 3. The summed E-state index contributed by atoms with van der Waals surface area (Å²) in [7, 11) is 0. The molecule has 1 fully saturated rings. The maximum absolute atomic E-state index is 13.2. The van der Waals surface area contributed by atoms with Crippen LogP contribution >= 0.6 is 0 Å². The molecule has 8 heteroatoms. The van der Waals surface area contributed by atoms with E-state index >= 15 is 0 Å². The Morgan fingerprint density at radius 2 is 2.21 bits per heavy atom. The van der Waals surface area contributed by atoms with E-state index in [-0.39, 0.29) is 24.6 Å². The Bertz CT molecular complexity index is 440. The van der Waals surface area contributed by atoms with Gasteiger partial charge in [0, 0.05) is 13.1 Å². The second-order valence-corrected chi connectivity index (χ2v) is 4.47. The molecule has 5 nitrogen and oxygen atoms in total. The number of aromatic nitrogens is 1. The lowest BCUT2D eigenvalue weighted by molar-refractivity contribution is -0.185. The van der Waals surface area contributed by atoms with Crippen molar-refractivity contribution in [3.8, 4) is 0 Å². The molecule has 1 saturated heterocycles. The van der Waals surface area contributed by atoms with E-state index in [4.69, 9.17) is 5.84 Å². The minimum absolute atomic E-state index is 0.00780. The fraction of sp³-hybridized carbons (Fsp3) is 0.545. The zero-order valence-electron chi connectivity index (χ0n) is 10.1. The van der Waals surface area contributed by atoms with E-state index in [1.165, 1.54) is 23.1 Å². The van der Waals surface area contributed by atoms with E-state index in [2.05, 4.69) is 10.4 Å². The third-order valence-corrected chi connectivity index (χ3v) is 3.07. The molecule has 0 aromatic carbocycles. The van der Waals surface area contributed by atoms with Gasteiger partial charge >= 0.3 is 6.18 Å². The molecule has 19 heavy (non-hydrogen) atoms. The van der Waals surface area contributed by atoms with Crippen LogP contribution in [0.1, 0.15) is 18.2 Å². The van der Waals surface area contributed by atoms with E-state index in [1.807, 2.05) is 0 Å². The van der Waals surface area contributed by atoms with Gasteiger partial charge in [0.15, 0.2) is 0 Å².